The van der Waals surface area contributed by atoms with Crippen LogP contribution in [0.3, 0.4) is 0 Å². The smallest absolute Gasteiger partial charge is 0.420 e. The zero-order valence-electron chi connectivity index (χ0n) is 22.8. The fourth-order valence-electron chi connectivity index (χ4n) is 3.55. The van der Waals surface area contributed by atoms with E-state index in [0.29, 0.717) is 24.3 Å². The predicted molar refractivity (Wildman–Crippen MR) is 132 cm³/mol. The third-order valence-corrected chi connectivity index (χ3v) is 5.24. The third kappa shape index (κ3) is 11.0. The Labute approximate surface area is 210 Å². The Morgan fingerprint density at radius 3 is 2.14 bits per heavy atom. The number of imide groups is 1. The SMILES string of the molecule is C=CCC[C@H]1[C@H](C)OC(=O)[C@@H](N(C(=O)OC(C)(C)C)C(=O)OC(C)(C)C)COC[C@@H]1OCCCC. The van der Waals surface area contributed by atoms with Gasteiger partial charge in [-0.25, -0.2) is 14.4 Å². The van der Waals surface area contributed by atoms with Crippen molar-refractivity contribution in [2.75, 3.05) is 19.8 Å². The average Bonchev–Trinajstić information content (AvgIpc) is 2.74. The van der Waals surface area contributed by atoms with Gasteiger partial charge in [0.05, 0.1) is 19.3 Å². The van der Waals surface area contributed by atoms with Gasteiger partial charge in [0.15, 0.2) is 6.04 Å². The summed E-state index contributed by atoms with van der Waals surface area (Å²) >= 11 is 0. The fraction of sp³-hybridized carbons (Fsp3) is 0.808. The Morgan fingerprint density at radius 2 is 1.66 bits per heavy atom. The largest absolute Gasteiger partial charge is 0.461 e. The number of carbonyl (C=O) groups excluding carboxylic acids is 3. The Hall–Kier alpha value is -2.13. The molecular formula is C26H45NO8. The molecule has 1 aliphatic rings. The highest BCUT2D eigenvalue weighted by molar-refractivity contribution is 5.94. The van der Waals surface area contributed by atoms with E-state index in [9.17, 15) is 14.4 Å². The van der Waals surface area contributed by atoms with Crippen LogP contribution in [-0.2, 0) is 28.5 Å². The molecule has 1 heterocycles. The highest BCUT2D eigenvalue weighted by atomic mass is 16.6. The zero-order valence-corrected chi connectivity index (χ0v) is 22.8. The number of amides is 2. The van der Waals surface area contributed by atoms with Crippen LogP contribution < -0.4 is 0 Å². The van der Waals surface area contributed by atoms with Gasteiger partial charge in [-0.3, -0.25) is 0 Å². The van der Waals surface area contributed by atoms with Crippen molar-refractivity contribution in [2.45, 2.75) is 111 Å². The molecular weight excluding hydrogens is 454 g/mol. The van der Waals surface area contributed by atoms with Crippen molar-refractivity contribution in [3.05, 3.63) is 12.7 Å². The minimum absolute atomic E-state index is 0.149. The summed E-state index contributed by atoms with van der Waals surface area (Å²) < 4.78 is 28.6. The first-order valence-corrected chi connectivity index (χ1v) is 12.5. The van der Waals surface area contributed by atoms with Gasteiger partial charge < -0.3 is 23.7 Å². The number of carbonyl (C=O) groups is 3. The second-order valence-electron chi connectivity index (χ2n) is 10.8. The molecule has 0 spiro atoms. The first-order chi connectivity index (χ1) is 16.2. The van der Waals surface area contributed by atoms with Gasteiger partial charge in [0, 0.05) is 12.5 Å². The van der Waals surface area contributed by atoms with Gasteiger partial charge in [0.2, 0.25) is 0 Å². The molecule has 9 heteroatoms. The second-order valence-corrected chi connectivity index (χ2v) is 10.8. The average molecular weight is 500 g/mol. The summed E-state index contributed by atoms with van der Waals surface area (Å²) in [4.78, 5) is 40.0. The van der Waals surface area contributed by atoms with Gasteiger partial charge in [0.25, 0.3) is 0 Å². The second kappa shape index (κ2) is 13.8. The number of esters is 1. The van der Waals surface area contributed by atoms with E-state index < -0.39 is 41.5 Å². The van der Waals surface area contributed by atoms with Crippen molar-refractivity contribution < 1.29 is 38.1 Å². The van der Waals surface area contributed by atoms with E-state index in [-0.39, 0.29) is 25.2 Å². The van der Waals surface area contributed by atoms with E-state index >= 15 is 0 Å². The summed E-state index contributed by atoms with van der Waals surface area (Å²) in [5.74, 6) is -0.920. The lowest BCUT2D eigenvalue weighted by molar-refractivity contribution is -0.159. The summed E-state index contributed by atoms with van der Waals surface area (Å²) in [6.07, 6.45) is 2.20. The Bertz CT molecular complexity index is 681. The highest BCUT2D eigenvalue weighted by Gasteiger charge is 2.44. The van der Waals surface area contributed by atoms with Crippen molar-refractivity contribution in [2.24, 2.45) is 5.92 Å². The molecule has 9 nitrogen and oxygen atoms in total. The van der Waals surface area contributed by atoms with E-state index in [1.54, 1.807) is 54.5 Å². The Balaban J connectivity index is 3.28. The highest BCUT2D eigenvalue weighted by Crippen LogP contribution is 2.26. The molecule has 0 aromatic heterocycles. The lowest BCUT2D eigenvalue weighted by atomic mass is 9.91. The van der Waals surface area contributed by atoms with Gasteiger partial charge in [-0.1, -0.05) is 19.4 Å². The van der Waals surface area contributed by atoms with Crippen LogP contribution in [0.5, 0.6) is 0 Å². The molecule has 1 aliphatic heterocycles. The van der Waals surface area contributed by atoms with Crippen molar-refractivity contribution >= 4 is 18.2 Å². The molecule has 202 valence electrons. The third-order valence-electron chi connectivity index (χ3n) is 5.24. The maximum atomic E-state index is 13.3. The van der Waals surface area contributed by atoms with Crippen LogP contribution in [0.15, 0.2) is 12.7 Å². The molecule has 0 aromatic carbocycles. The summed E-state index contributed by atoms with van der Waals surface area (Å²) in [7, 11) is 0. The summed E-state index contributed by atoms with van der Waals surface area (Å²) in [5.41, 5.74) is -1.80. The van der Waals surface area contributed by atoms with E-state index in [0.717, 1.165) is 12.8 Å². The monoisotopic (exact) mass is 499 g/mol. The van der Waals surface area contributed by atoms with Gasteiger partial charge in [0.1, 0.15) is 17.3 Å². The van der Waals surface area contributed by atoms with E-state index in [4.69, 9.17) is 23.7 Å². The van der Waals surface area contributed by atoms with Crippen LogP contribution in [0.1, 0.15) is 81.1 Å². The van der Waals surface area contributed by atoms with Crippen LogP contribution in [0.4, 0.5) is 9.59 Å². The maximum Gasteiger partial charge on any atom is 0.420 e. The molecule has 0 bridgehead atoms. The number of hydrogen-bond acceptors (Lipinski definition) is 8. The van der Waals surface area contributed by atoms with Crippen molar-refractivity contribution in [3.8, 4) is 0 Å². The molecule has 1 rings (SSSR count). The van der Waals surface area contributed by atoms with Gasteiger partial charge in [-0.2, -0.15) is 4.90 Å². The Kier molecular flexibility index (Phi) is 12.2. The van der Waals surface area contributed by atoms with Crippen LogP contribution in [0.25, 0.3) is 0 Å². The number of allylic oxidation sites excluding steroid dienone is 1. The van der Waals surface area contributed by atoms with Crippen LogP contribution in [0.2, 0.25) is 0 Å². The van der Waals surface area contributed by atoms with Crippen LogP contribution in [-0.4, -0.2) is 72.3 Å². The Morgan fingerprint density at radius 1 is 1.09 bits per heavy atom. The maximum absolute atomic E-state index is 13.3. The number of nitrogens with zero attached hydrogens (tertiary/aromatic N) is 1. The molecule has 0 aromatic rings. The summed E-state index contributed by atoms with van der Waals surface area (Å²) in [6.45, 7) is 18.1. The molecule has 0 saturated carbocycles. The molecule has 0 radical (unpaired) electrons. The molecule has 4 atom stereocenters. The number of hydrogen-bond donors (Lipinski definition) is 0. The lowest BCUT2D eigenvalue weighted by Gasteiger charge is -2.32. The summed E-state index contributed by atoms with van der Waals surface area (Å²) in [5, 5.41) is 0. The minimum atomic E-state index is -1.38. The van der Waals surface area contributed by atoms with Crippen molar-refractivity contribution in [1.29, 1.82) is 0 Å². The number of unbranched alkanes of at least 4 members (excludes halogenated alkanes) is 1. The zero-order chi connectivity index (χ0) is 26.8. The van der Waals surface area contributed by atoms with Gasteiger partial charge in [-0.15, -0.1) is 6.58 Å². The molecule has 1 fully saturated rings. The fourth-order valence-corrected chi connectivity index (χ4v) is 3.55. The molecule has 35 heavy (non-hydrogen) atoms. The number of ether oxygens (including phenoxy) is 5. The van der Waals surface area contributed by atoms with E-state index in [1.807, 2.05) is 0 Å². The number of cyclic esters (lactones) is 1. The van der Waals surface area contributed by atoms with Gasteiger partial charge >= 0.3 is 18.2 Å². The quantitative estimate of drug-likeness (QED) is 0.193. The van der Waals surface area contributed by atoms with E-state index in [2.05, 4.69) is 13.5 Å². The minimum Gasteiger partial charge on any atom is -0.461 e. The predicted octanol–water partition coefficient (Wildman–Crippen LogP) is 5.26. The lowest BCUT2D eigenvalue weighted by Crippen LogP contribution is -2.54. The first kappa shape index (κ1) is 30.9. The standard InChI is InChI=1S/C26H45NO8/c1-10-12-14-19-18(3)33-22(28)20(16-31-17-21(19)32-15-13-11-2)27(23(29)34-25(4,5)6)24(30)35-26(7,8)9/h10,18-21H,1,11-17H2,2-9H3/t18-,19-,20-,21-/m0/s1. The van der Waals surface area contributed by atoms with Crippen LogP contribution >= 0.6 is 0 Å². The van der Waals surface area contributed by atoms with Crippen molar-refractivity contribution in [1.82, 2.24) is 4.90 Å². The molecule has 2 amide bonds. The van der Waals surface area contributed by atoms with Crippen LogP contribution in [0, 0.1) is 5.92 Å². The molecule has 0 N–H and O–H groups in total. The molecule has 1 saturated heterocycles. The topological polar surface area (TPSA) is 101 Å². The first-order valence-electron chi connectivity index (χ1n) is 12.5. The van der Waals surface area contributed by atoms with Gasteiger partial charge in [-0.05, 0) is 67.7 Å². The molecule has 0 aliphatic carbocycles. The van der Waals surface area contributed by atoms with E-state index in [1.165, 1.54) is 0 Å². The normalized spacial score (nSPS) is 23.8. The summed E-state index contributed by atoms with van der Waals surface area (Å²) in [6, 6.07) is -1.38. The molecule has 0 unspecified atom stereocenters. The number of rotatable bonds is 8. The van der Waals surface area contributed by atoms with Crippen molar-refractivity contribution in [3.63, 3.8) is 0 Å².